The maximum Gasteiger partial charge on any atom is 0.146 e. The molecule has 0 aliphatic heterocycles. The van der Waals surface area contributed by atoms with Crippen molar-refractivity contribution in [2.45, 2.75) is 37.9 Å². The van der Waals surface area contributed by atoms with Gasteiger partial charge in [0.25, 0.3) is 0 Å². The molecule has 0 saturated heterocycles. The van der Waals surface area contributed by atoms with E-state index in [1.807, 2.05) is 0 Å². The van der Waals surface area contributed by atoms with E-state index in [-0.39, 0.29) is 12.2 Å². The van der Waals surface area contributed by atoms with Gasteiger partial charge in [-0.25, -0.2) is 4.98 Å². The maximum atomic E-state index is 9.91. The van der Waals surface area contributed by atoms with E-state index in [1.165, 1.54) is 0 Å². The predicted octanol–water partition coefficient (Wildman–Crippen LogP) is 1.32. The van der Waals surface area contributed by atoms with E-state index in [2.05, 4.69) is 21.7 Å². The van der Waals surface area contributed by atoms with Crippen LogP contribution in [0.2, 0.25) is 0 Å². The number of anilines is 2. The van der Waals surface area contributed by atoms with E-state index >= 15 is 0 Å². The normalized spacial score (nSPS) is 20.0. The molecule has 2 aliphatic rings. The van der Waals surface area contributed by atoms with Crippen LogP contribution >= 0.6 is 0 Å². The second-order valence-corrected chi connectivity index (χ2v) is 6.28. The second-order valence-electron chi connectivity index (χ2n) is 6.28. The predicted molar refractivity (Wildman–Crippen MR) is 83.4 cm³/mol. The first kappa shape index (κ1) is 15.1. The summed E-state index contributed by atoms with van der Waals surface area (Å²) >= 11 is 0. The molecule has 22 heavy (non-hydrogen) atoms. The summed E-state index contributed by atoms with van der Waals surface area (Å²) in [5.41, 5.74) is 0.455. The number of nitrogens with one attached hydrogen (secondary N) is 2. The van der Waals surface area contributed by atoms with Gasteiger partial charge >= 0.3 is 0 Å². The number of hydrogen-bond acceptors (Lipinski definition) is 6. The molecule has 0 bridgehead atoms. The molecule has 0 spiro atoms. The second kappa shape index (κ2) is 6.51. The zero-order valence-electron chi connectivity index (χ0n) is 12.5. The highest BCUT2D eigenvalue weighted by Gasteiger charge is 2.30. The van der Waals surface area contributed by atoms with Gasteiger partial charge in [0.2, 0.25) is 0 Å². The minimum atomic E-state index is -0.387. The average molecular weight is 302 g/mol. The lowest BCUT2D eigenvalue weighted by Crippen LogP contribution is -2.23. The lowest BCUT2D eigenvalue weighted by atomic mass is 10.2. The Morgan fingerprint density at radius 1 is 1.09 bits per heavy atom. The van der Waals surface area contributed by atoms with Crippen molar-refractivity contribution in [1.29, 1.82) is 5.26 Å². The van der Waals surface area contributed by atoms with Gasteiger partial charge in [-0.15, -0.1) is 0 Å². The molecule has 6 heteroatoms. The Kier molecular flexibility index (Phi) is 4.46. The summed E-state index contributed by atoms with van der Waals surface area (Å²) in [5, 5.41) is 35.1. The third kappa shape index (κ3) is 3.87. The number of aromatic nitrogens is 1. The molecule has 4 N–H and O–H groups in total. The van der Waals surface area contributed by atoms with Crippen LogP contribution in [0.25, 0.3) is 0 Å². The quantitative estimate of drug-likeness (QED) is 0.578. The zero-order chi connectivity index (χ0) is 15.5. The first-order valence-electron chi connectivity index (χ1n) is 7.92. The van der Waals surface area contributed by atoms with E-state index in [0.717, 1.165) is 25.7 Å². The van der Waals surface area contributed by atoms with Crippen LogP contribution in [-0.4, -0.2) is 40.5 Å². The Morgan fingerprint density at radius 2 is 1.68 bits per heavy atom. The van der Waals surface area contributed by atoms with Crippen molar-refractivity contribution >= 4 is 11.6 Å². The Hall–Kier alpha value is -1.84. The van der Waals surface area contributed by atoms with Crippen molar-refractivity contribution < 1.29 is 10.2 Å². The third-order valence-corrected chi connectivity index (χ3v) is 4.32. The number of nitriles is 1. The standard InChI is InChI=1S/C16H22N4O2/c17-7-12-5-6-15(18-8-13(21)10-1-2-10)20-16(12)19-9-14(22)11-3-4-11/h5-6,10-11,13-14,21-22H,1-4,8-9H2,(H2,18,19,20). The molecule has 1 aromatic heterocycles. The van der Waals surface area contributed by atoms with Crippen LogP contribution in [0.4, 0.5) is 11.6 Å². The van der Waals surface area contributed by atoms with Crippen molar-refractivity contribution in [3.05, 3.63) is 17.7 Å². The monoisotopic (exact) mass is 302 g/mol. The van der Waals surface area contributed by atoms with Crippen molar-refractivity contribution in [3.63, 3.8) is 0 Å². The molecule has 118 valence electrons. The SMILES string of the molecule is N#Cc1ccc(NCC(O)C2CC2)nc1NCC(O)C1CC1. The van der Waals surface area contributed by atoms with Crippen LogP contribution in [0.3, 0.4) is 0 Å². The third-order valence-electron chi connectivity index (χ3n) is 4.32. The molecule has 0 radical (unpaired) electrons. The number of hydrogen-bond donors (Lipinski definition) is 4. The number of aliphatic hydroxyl groups excluding tert-OH is 2. The van der Waals surface area contributed by atoms with Crippen LogP contribution in [-0.2, 0) is 0 Å². The Bertz CT molecular complexity index is 564. The summed E-state index contributed by atoms with van der Waals surface area (Å²) in [5.74, 6) is 1.90. The van der Waals surface area contributed by atoms with Gasteiger partial charge in [0.1, 0.15) is 17.7 Å². The summed E-state index contributed by atoms with van der Waals surface area (Å²) in [6.45, 7) is 0.869. The maximum absolute atomic E-state index is 9.91. The summed E-state index contributed by atoms with van der Waals surface area (Å²) in [6.07, 6.45) is 3.60. The molecule has 2 unspecified atom stereocenters. The van der Waals surface area contributed by atoms with E-state index in [4.69, 9.17) is 5.26 Å². The summed E-state index contributed by atoms with van der Waals surface area (Å²) < 4.78 is 0. The van der Waals surface area contributed by atoms with Crippen LogP contribution < -0.4 is 10.6 Å². The van der Waals surface area contributed by atoms with Gasteiger partial charge in [-0.1, -0.05) is 0 Å². The van der Waals surface area contributed by atoms with Crippen LogP contribution in [0, 0.1) is 23.2 Å². The Labute approximate surface area is 130 Å². The van der Waals surface area contributed by atoms with Crippen molar-refractivity contribution in [1.82, 2.24) is 4.98 Å². The molecule has 1 aromatic rings. The number of aliphatic hydroxyl groups is 2. The fourth-order valence-electron chi connectivity index (χ4n) is 2.49. The van der Waals surface area contributed by atoms with Crippen LogP contribution in [0.1, 0.15) is 31.2 Å². The molecule has 6 nitrogen and oxygen atoms in total. The summed E-state index contributed by atoms with van der Waals surface area (Å²) in [7, 11) is 0. The molecule has 2 saturated carbocycles. The van der Waals surface area contributed by atoms with E-state index in [0.29, 0.717) is 42.1 Å². The molecular formula is C16H22N4O2. The van der Waals surface area contributed by atoms with Gasteiger partial charge in [0.15, 0.2) is 0 Å². The number of pyridine rings is 1. The highest BCUT2D eigenvalue weighted by molar-refractivity contribution is 5.56. The van der Waals surface area contributed by atoms with Crippen LogP contribution in [0.15, 0.2) is 12.1 Å². The van der Waals surface area contributed by atoms with Gasteiger partial charge in [-0.3, -0.25) is 0 Å². The highest BCUT2D eigenvalue weighted by atomic mass is 16.3. The zero-order valence-corrected chi connectivity index (χ0v) is 12.5. The lowest BCUT2D eigenvalue weighted by Gasteiger charge is -2.15. The summed E-state index contributed by atoms with van der Waals surface area (Å²) in [6, 6.07) is 5.54. The minimum absolute atomic E-state index is 0.342. The van der Waals surface area contributed by atoms with Crippen molar-refractivity contribution in [2.24, 2.45) is 11.8 Å². The first-order chi connectivity index (χ1) is 10.7. The van der Waals surface area contributed by atoms with Gasteiger partial charge in [0.05, 0.1) is 17.8 Å². The largest absolute Gasteiger partial charge is 0.391 e. The van der Waals surface area contributed by atoms with Gasteiger partial charge in [-0.2, -0.15) is 5.26 Å². The molecule has 0 aromatic carbocycles. The first-order valence-corrected chi connectivity index (χ1v) is 7.92. The average Bonchev–Trinajstić information content (AvgIpc) is 3.41. The van der Waals surface area contributed by atoms with Crippen molar-refractivity contribution in [2.75, 3.05) is 23.7 Å². The molecule has 0 amide bonds. The van der Waals surface area contributed by atoms with E-state index < -0.39 is 0 Å². The summed E-state index contributed by atoms with van der Waals surface area (Å²) in [4.78, 5) is 4.38. The fourth-order valence-corrected chi connectivity index (χ4v) is 2.49. The molecule has 2 fully saturated rings. The van der Waals surface area contributed by atoms with Gasteiger partial charge in [-0.05, 0) is 49.7 Å². The Balaban J connectivity index is 1.59. The number of nitrogens with zero attached hydrogens (tertiary/aromatic N) is 2. The molecule has 2 aliphatic carbocycles. The van der Waals surface area contributed by atoms with Gasteiger partial charge < -0.3 is 20.8 Å². The van der Waals surface area contributed by atoms with Crippen molar-refractivity contribution in [3.8, 4) is 6.07 Å². The topological polar surface area (TPSA) is 101 Å². The fraction of sp³-hybridized carbons (Fsp3) is 0.625. The molecular weight excluding hydrogens is 280 g/mol. The Morgan fingerprint density at radius 3 is 2.23 bits per heavy atom. The van der Waals surface area contributed by atoms with Gasteiger partial charge in [0, 0.05) is 13.1 Å². The molecule has 2 atom stereocenters. The molecule has 1 heterocycles. The lowest BCUT2D eigenvalue weighted by molar-refractivity contribution is 0.164. The smallest absolute Gasteiger partial charge is 0.146 e. The minimum Gasteiger partial charge on any atom is -0.391 e. The van der Waals surface area contributed by atoms with Crippen LogP contribution in [0.5, 0.6) is 0 Å². The number of rotatable bonds is 8. The highest BCUT2D eigenvalue weighted by Crippen LogP contribution is 2.33. The van der Waals surface area contributed by atoms with E-state index in [9.17, 15) is 10.2 Å². The molecule has 3 rings (SSSR count). The van der Waals surface area contributed by atoms with E-state index in [1.54, 1.807) is 12.1 Å².